The van der Waals surface area contributed by atoms with E-state index in [1.54, 1.807) is 11.3 Å². The zero-order valence-corrected chi connectivity index (χ0v) is 10.2. The Balaban J connectivity index is 1.65. The van der Waals surface area contributed by atoms with Crippen molar-refractivity contribution in [3.8, 4) is 0 Å². The van der Waals surface area contributed by atoms with Gasteiger partial charge >= 0.3 is 0 Å². The van der Waals surface area contributed by atoms with E-state index in [1.807, 2.05) is 18.2 Å². The van der Waals surface area contributed by atoms with Crippen LogP contribution in [0.5, 0.6) is 0 Å². The molecule has 0 radical (unpaired) electrons. The number of nitrogens with one attached hydrogen (secondary N) is 1. The van der Waals surface area contributed by atoms with Crippen LogP contribution in [0.2, 0.25) is 0 Å². The van der Waals surface area contributed by atoms with Gasteiger partial charge in [-0.05, 0) is 34.5 Å². The largest absolute Gasteiger partial charge is 0.460 e. The molecule has 86 valence electrons. The van der Waals surface area contributed by atoms with Gasteiger partial charge < -0.3 is 9.73 Å². The average molecular weight is 243 g/mol. The molecule has 0 spiro atoms. The maximum absolute atomic E-state index is 5.73. The van der Waals surface area contributed by atoms with Crippen LogP contribution in [-0.2, 0) is 13.1 Å². The van der Waals surface area contributed by atoms with Gasteiger partial charge in [0.2, 0.25) is 0 Å². The number of thiophene rings is 1. The average Bonchev–Trinajstić information content (AvgIpc) is 2.96. The van der Waals surface area contributed by atoms with Gasteiger partial charge in [0.1, 0.15) is 11.3 Å². The molecular weight excluding hydrogens is 230 g/mol. The fourth-order valence-corrected chi connectivity index (χ4v) is 2.52. The summed E-state index contributed by atoms with van der Waals surface area (Å²) in [4.78, 5) is 0. The summed E-state index contributed by atoms with van der Waals surface area (Å²) in [5.74, 6) is 0.987. The molecule has 3 rings (SSSR count). The quantitative estimate of drug-likeness (QED) is 0.754. The van der Waals surface area contributed by atoms with Crippen LogP contribution in [-0.4, -0.2) is 0 Å². The van der Waals surface area contributed by atoms with Gasteiger partial charge in [-0.25, -0.2) is 0 Å². The predicted octanol–water partition coefficient (Wildman–Crippen LogP) is 3.78. The second kappa shape index (κ2) is 4.73. The standard InChI is InChI=1S/C14H13NOS/c1-2-4-14-12(3-1)7-13(16-14)9-15-8-11-5-6-17-10-11/h1-7,10,15H,8-9H2. The van der Waals surface area contributed by atoms with Gasteiger partial charge in [0.25, 0.3) is 0 Å². The molecule has 3 aromatic rings. The van der Waals surface area contributed by atoms with E-state index < -0.39 is 0 Å². The van der Waals surface area contributed by atoms with E-state index in [0.717, 1.165) is 24.4 Å². The van der Waals surface area contributed by atoms with Crippen molar-refractivity contribution in [2.24, 2.45) is 0 Å². The van der Waals surface area contributed by atoms with Crippen molar-refractivity contribution in [3.63, 3.8) is 0 Å². The molecule has 1 N–H and O–H groups in total. The third kappa shape index (κ3) is 2.40. The molecular formula is C14H13NOS. The first-order chi connectivity index (χ1) is 8.42. The van der Waals surface area contributed by atoms with Crippen LogP contribution in [0.25, 0.3) is 11.0 Å². The van der Waals surface area contributed by atoms with E-state index in [9.17, 15) is 0 Å². The molecule has 3 heteroatoms. The van der Waals surface area contributed by atoms with Crippen molar-refractivity contribution >= 4 is 22.3 Å². The van der Waals surface area contributed by atoms with Crippen molar-refractivity contribution in [2.75, 3.05) is 0 Å². The molecule has 17 heavy (non-hydrogen) atoms. The maximum atomic E-state index is 5.73. The lowest BCUT2D eigenvalue weighted by Gasteiger charge is -1.99. The molecule has 2 nitrogen and oxygen atoms in total. The van der Waals surface area contributed by atoms with Crippen molar-refractivity contribution in [2.45, 2.75) is 13.1 Å². The van der Waals surface area contributed by atoms with Crippen molar-refractivity contribution in [3.05, 3.63) is 58.5 Å². The molecule has 0 bridgehead atoms. The van der Waals surface area contributed by atoms with Crippen molar-refractivity contribution in [1.29, 1.82) is 0 Å². The van der Waals surface area contributed by atoms with E-state index in [4.69, 9.17) is 4.42 Å². The Morgan fingerprint density at radius 1 is 1.12 bits per heavy atom. The molecule has 2 aromatic heterocycles. The van der Waals surface area contributed by atoms with E-state index in [0.29, 0.717) is 0 Å². The molecule has 0 atom stereocenters. The highest BCUT2D eigenvalue weighted by atomic mass is 32.1. The highest BCUT2D eigenvalue weighted by Crippen LogP contribution is 2.18. The lowest BCUT2D eigenvalue weighted by Crippen LogP contribution is -2.11. The Morgan fingerprint density at radius 3 is 2.88 bits per heavy atom. The molecule has 2 heterocycles. The summed E-state index contributed by atoms with van der Waals surface area (Å²) in [5.41, 5.74) is 2.28. The third-order valence-electron chi connectivity index (χ3n) is 2.69. The van der Waals surface area contributed by atoms with Gasteiger partial charge in [-0.15, -0.1) is 0 Å². The fourth-order valence-electron chi connectivity index (χ4n) is 1.85. The number of rotatable bonds is 4. The Labute approximate surface area is 104 Å². The molecule has 0 fully saturated rings. The molecule has 0 unspecified atom stereocenters. The monoisotopic (exact) mass is 243 g/mol. The van der Waals surface area contributed by atoms with Gasteiger partial charge in [-0.2, -0.15) is 11.3 Å². The minimum Gasteiger partial charge on any atom is -0.460 e. The Kier molecular flexibility index (Phi) is 2.94. The van der Waals surface area contributed by atoms with Crippen LogP contribution < -0.4 is 5.32 Å². The van der Waals surface area contributed by atoms with Gasteiger partial charge in [0, 0.05) is 11.9 Å². The van der Waals surface area contributed by atoms with Crippen LogP contribution >= 0.6 is 11.3 Å². The number of benzene rings is 1. The number of hydrogen-bond acceptors (Lipinski definition) is 3. The first-order valence-electron chi connectivity index (χ1n) is 5.61. The van der Waals surface area contributed by atoms with Crippen LogP contribution in [0.4, 0.5) is 0 Å². The fraction of sp³-hybridized carbons (Fsp3) is 0.143. The van der Waals surface area contributed by atoms with Crippen molar-refractivity contribution < 1.29 is 4.42 Å². The first kappa shape index (κ1) is 10.6. The normalized spacial score (nSPS) is 11.1. The Morgan fingerprint density at radius 2 is 2.06 bits per heavy atom. The van der Waals surface area contributed by atoms with Gasteiger partial charge in [0.15, 0.2) is 0 Å². The third-order valence-corrected chi connectivity index (χ3v) is 3.42. The summed E-state index contributed by atoms with van der Waals surface area (Å²) in [6, 6.07) is 12.3. The molecule has 0 saturated carbocycles. The Bertz CT molecular complexity index is 565. The van der Waals surface area contributed by atoms with Crippen LogP contribution in [0.1, 0.15) is 11.3 Å². The summed E-state index contributed by atoms with van der Waals surface area (Å²) < 4.78 is 5.73. The molecule has 0 aliphatic rings. The summed E-state index contributed by atoms with van der Waals surface area (Å²) in [6.07, 6.45) is 0. The Hall–Kier alpha value is -1.58. The minimum atomic E-state index is 0.768. The van der Waals surface area contributed by atoms with E-state index in [-0.39, 0.29) is 0 Å². The van der Waals surface area contributed by atoms with Crippen LogP contribution in [0.15, 0.2) is 51.6 Å². The molecule has 0 aliphatic carbocycles. The molecule has 1 aromatic carbocycles. The summed E-state index contributed by atoms with van der Waals surface area (Å²) in [7, 11) is 0. The summed E-state index contributed by atoms with van der Waals surface area (Å²) in [5, 5.41) is 8.80. The first-order valence-corrected chi connectivity index (χ1v) is 6.55. The minimum absolute atomic E-state index is 0.768. The second-order valence-corrected chi connectivity index (χ2v) is 4.77. The number of fused-ring (bicyclic) bond motifs is 1. The van der Waals surface area contributed by atoms with Crippen LogP contribution in [0, 0.1) is 0 Å². The van der Waals surface area contributed by atoms with Crippen LogP contribution in [0.3, 0.4) is 0 Å². The highest BCUT2D eigenvalue weighted by Gasteiger charge is 2.02. The molecule has 0 saturated heterocycles. The van der Waals surface area contributed by atoms with E-state index >= 15 is 0 Å². The smallest absolute Gasteiger partial charge is 0.134 e. The number of furan rings is 1. The molecule has 0 aliphatic heterocycles. The zero-order chi connectivity index (χ0) is 11.5. The van der Waals surface area contributed by atoms with E-state index in [1.165, 1.54) is 10.9 Å². The van der Waals surface area contributed by atoms with Crippen molar-refractivity contribution in [1.82, 2.24) is 5.32 Å². The molecule has 0 amide bonds. The topological polar surface area (TPSA) is 25.2 Å². The summed E-state index contributed by atoms with van der Waals surface area (Å²) in [6.45, 7) is 1.66. The second-order valence-electron chi connectivity index (χ2n) is 3.99. The van der Waals surface area contributed by atoms with Gasteiger partial charge in [-0.3, -0.25) is 0 Å². The van der Waals surface area contributed by atoms with Gasteiger partial charge in [-0.1, -0.05) is 18.2 Å². The predicted molar refractivity (Wildman–Crippen MR) is 71.1 cm³/mol. The van der Waals surface area contributed by atoms with Gasteiger partial charge in [0.05, 0.1) is 6.54 Å². The number of hydrogen-bond donors (Lipinski definition) is 1. The lowest BCUT2D eigenvalue weighted by atomic mass is 10.2. The zero-order valence-electron chi connectivity index (χ0n) is 9.35. The lowest BCUT2D eigenvalue weighted by molar-refractivity contribution is 0.514. The highest BCUT2D eigenvalue weighted by molar-refractivity contribution is 7.07. The summed E-state index contributed by atoms with van der Waals surface area (Å²) >= 11 is 1.73. The SMILES string of the molecule is c1ccc2oc(CNCc3ccsc3)cc2c1. The maximum Gasteiger partial charge on any atom is 0.134 e. The number of para-hydroxylation sites is 1. The van der Waals surface area contributed by atoms with E-state index in [2.05, 4.69) is 34.3 Å².